The van der Waals surface area contributed by atoms with Crippen LogP contribution in [0.2, 0.25) is 0 Å². The van der Waals surface area contributed by atoms with Gasteiger partial charge in [-0.05, 0) is 42.5 Å². The Labute approximate surface area is 188 Å². The van der Waals surface area contributed by atoms with Crippen molar-refractivity contribution in [1.29, 1.82) is 0 Å². The average molecular weight is 480 g/mol. The standard InChI is InChI=1S/C22H19F3N2O5S/c1-31-19-11-4-3-10-18(19)27-33(29,30)16-8-6-7-15(13-16)21(28)26-17-9-2-5-12-20(17)32-14-22(23,24)25/h2-13,27H,14H2,1H3,(H,26,28). The van der Waals surface area contributed by atoms with Crippen LogP contribution in [0.5, 0.6) is 11.5 Å². The Kier molecular flexibility index (Phi) is 7.12. The summed E-state index contributed by atoms with van der Waals surface area (Å²) in [6.07, 6.45) is -4.55. The monoisotopic (exact) mass is 480 g/mol. The highest BCUT2D eigenvalue weighted by molar-refractivity contribution is 7.92. The molecule has 3 rings (SSSR count). The van der Waals surface area contributed by atoms with Crippen LogP contribution in [0.3, 0.4) is 0 Å². The summed E-state index contributed by atoms with van der Waals surface area (Å²) in [5.74, 6) is -0.595. The number of alkyl halides is 3. The fraction of sp³-hybridized carbons (Fsp3) is 0.136. The van der Waals surface area contributed by atoms with Gasteiger partial charge in [0.1, 0.15) is 11.5 Å². The third kappa shape index (κ3) is 6.39. The average Bonchev–Trinajstić information content (AvgIpc) is 2.78. The first-order chi connectivity index (χ1) is 15.6. The molecular weight excluding hydrogens is 461 g/mol. The molecule has 0 aliphatic heterocycles. The number of ether oxygens (including phenoxy) is 2. The second-order valence-corrected chi connectivity index (χ2v) is 8.37. The SMILES string of the molecule is COc1ccccc1NS(=O)(=O)c1cccc(C(=O)Nc2ccccc2OCC(F)(F)F)c1. The van der Waals surface area contributed by atoms with Crippen LogP contribution in [-0.2, 0) is 10.0 Å². The number of amides is 1. The van der Waals surface area contributed by atoms with E-state index in [1.165, 1.54) is 55.6 Å². The van der Waals surface area contributed by atoms with Gasteiger partial charge in [0.05, 0.1) is 23.4 Å². The summed E-state index contributed by atoms with van der Waals surface area (Å²) in [4.78, 5) is 12.5. The van der Waals surface area contributed by atoms with Crippen molar-refractivity contribution in [2.45, 2.75) is 11.1 Å². The smallest absolute Gasteiger partial charge is 0.422 e. The number of hydrogen-bond acceptors (Lipinski definition) is 5. The molecule has 0 unspecified atom stereocenters. The molecule has 11 heteroatoms. The molecule has 0 bridgehead atoms. The van der Waals surface area contributed by atoms with Crippen LogP contribution in [0.25, 0.3) is 0 Å². The molecule has 0 saturated heterocycles. The molecule has 0 aliphatic carbocycles. The molecule has 2 N–H and O–H groups in total. The molecule has 3 aromatic rings. The van der Waals surface area contributed by atoms with Crippen LogP contribution in [0.15, 0.2) is 77.7 Å². The first-order valence-electron chi connectivity index (χ1n) is 9.45. The predicted molar refractivity (Wildman–Crippen MR) is 116 cm³/mol. The second kappa shape index (κ2) is 9.82. The number of carbonyl (C=O) groups is 1. The van der Waals surface area contributed by atoms with Crippen molar-refractivity contribution in [3.8, 4) is 11.5 Å². The van der Waals surface area contributed by atoms with Gasteiger partial charge in [0.2, 0.25) is 0 Å². The van der Waals surface area contributed by atoms with Gasteiger partial charge >= 0.3 is 6.18 Å². The molecule has 0 aliphatic rings. The zero-order valence-electron chi connectivity index (χ0n) is 17.2. The van der Waals surface area contributed by atoms with Crippen LogP contribution in [0.1, 0.15) is 10.4 Å². The molecule has 7 nitrogen and oxygen atoms in total. The summed E-state index contributed by atoms with van der Waals surface area (Å²) in [7, 11) is -2.67. The molecule has 1 amide bonds. The van der Waals surface area contributed by atoms with Crippen molar-refractivity contribution >= 4 is 27.3 Å². The van der Waals surface area contributed by atoms with Crippen molar-refractivity contribution in [3.63, 3.8) is 0 Å². The molecule has 0 heterocycles. The van der Waals surface area contributed by atoms with E-state index in [4.69, 9.17) is 9.47 Å². The van der Waals surface area contributed by atoms with E-state index in [9.17, 15) is 26.4 Å². The van der Waals surface area contributed by atoms with E-state index in [1.807, 2.05) is 0 Å². The lowest BCUT2D eigenvalue weighted by molar-refractivity contribution is -0.153. The van der Waals surface area contributed by atoms with Gasteiger partial charge in [-0.15, -0.1) is 0 Å². The van der Waals surface area contributed by atoms with Crippen molar-refractivity contribution in [2.24, 2.45) is 0 Å². The van der Waals surface area contributed by atoms with E-state index in [-0.39, 0.29) is 27.6 Å². The van der Waals surface area contributed by atoms with E-state index in [2.05, 4.69) is 10.0 Å². The van der Waals surface area contributed by atoms with Crippen LogP contribution >= 0.6 is 0 Å². The maximum atomic E-state index is 12.8. The lowest BCUT2D eigenvalue weighted by Gasteiger charge is -2.14. The third-order valence-corrected chi connectivity index (χ3v) is 5.65. The topological polar surface area (TPSA) is 93.7 Å². The Morgan fingerprint density at radius 1 is 0.909 bits per heavy atom. The zero-order valence-corrected chi connectivity index (χ0v) is 18.0. The summed E-state index contributed by atoms with van der Waals surface area (Å²) in [6.45, 7) is -1.53. The maximum absolute atomic E-state index is 12.8. The number of carbonyl (C=O) groups excluding carboxylic acids is 1. The number of rotatable bonds is 8. The number of hydrogen-bond donors (Lipinski definition) is 2. The number of para-hydroxylation sites is 4. The van der Waals surface area contributed by atoms with Gasteiger partial charge < -0.3 is 14.8 Å². The van der Waals surface area contributed by atoms with Gasteiger partial charge in [0.25, 0.3) is 15.9 Å². The minimum atomic E-state index is -4.55. The Morgan fingerprint density at radius 2 is 1.55 bits per heavy atom. The van der Waals surface area contributed by atoms with E-state index in [0.29, 0.717) is 5.75 Å². The van der Waals surface area contributed by atoms with Crippen LogP contribution in [0.4, 0.5) is 24.5 Å². The van der Waals surface area contributed by atoms with Gasteiger partial charge in [-0.25, -0.2) is 8.42 Å². The molecule has 174 valence electrons. The normalized spacial score (nSPS) is 11.5. The fourth-order valence-corrected chi connectivity index (χ4v) is 3.90. The summed E-state index contributed by atoms with van der Waals surface area (Å²) in [6, 6.07) is 17.2. The van der Waals surface area contributed by atoms with Crippen molar-refractivity contribution in [1.82, 2.24) is 0 Å². The first kappa shape index (κ1) is 23.9. The highest BCUT2D eigenvalue weighted by Crippen LogP contribution is 2.28. The highest BCUT2D eigenvalue weighted by Gasteiger charge is 2.29. The summed E-state index contributed by atoms with van der Waals surface area (Å²) >= 11 is 0. The number of methoxy groups -OCH3 is 1. The number of nitrogens with one attached hydrogen (secondary N) is 2. The van der Waals surface area contributed by atoms with Gasteiger partial charge in [-0.2, -0.15) is 13.2 Å². The van der Waals surface area contributed by atoms with Gasteiger partial charge in [0, 0.05) is 5.56 Å². The highest BCUT2D eigenvalue weighted by atomic mass is 32.2. The Morgan fingerprint density at radius 3 is 2.21 bits per heavy atom. The molecule has 0 aromatic heterocycles. The molecule has 0 radical (unpaired) electrons. The molecule has 0 spiro atoms. The maximum Gasteiger partial charge on any atom is 0.422 e. The fourth-order valence-electron chi connectivity index (χ4n) is 2.79. The number of halogens is 3. The van der Waals surface area contributed by atoms with Gasteiger partial charge in [-0.1, -0.05) is 30.3 Å². The molecule has 0 fully saturated rings. The minimum Gasteiger partial charge on any atom is -0.495 e. The van der Waals surface area contributed by atoms with E-state index in [1.54, 1.807) is 18.2 Å². The lowest BCUT2D eigenvalue weighted by atomic mass is 10.2. The molecule has 0 atom stereocenters. The van der Waals surface area contributed by atoms with Crippen LogP contribution in [0, 0.1) is 0 Å². The van der Waals surface area contributed by atoms with Gasteiger partial charge in [0.15, 0.2) is 6.61 Å². The Bertz CT molecular complexity index is 1250. The minimum absolute atomic E-state index is 0.00663. The largest absolute Gasteiger partial charge is 0.495 e. The number of benzene rings is 3. The molecule has 3 aromatic carbocycles. The molecular formula is C22H19F3N2O5S. The summed E-state index contributed by atoms with van der Waals surface area (Å²) < 4.78 is 75.3. The molecule has 0 saturated carbocycles. The van der Waals surface area contributed by atoms with Crippen LogP contribution in [-0.4, -0.2) is 34.2 Å². The predicted octanol–water partition coefficient (Wildman–Crippen LogP) is 4.69. The molecule has 33 heavy (non-hydrogen) atoms. The lowest BCUT2D eigenvalue weighted by Crippen LogP contribution is -2.20. The summed E-state index contributed by atoms with van der Waals surface area (Å²) in [5, 5.41) is 2.44. The number of anilines is 2. The van der Waals surface area contributed by atoms with E-state index >= 15 is 0 Å². The quantitative estimate of drug-likeness (QED) is 0.488. The Balaban J connectivity index is 1.81. The number of sulfonamides is 1. The van der Waals surface area contributed by atoms with E-state index < -0.39 is 28.7 Å². The van der Waals surface area contributed by atoms with Crippen molar-refractivity contribution in [3.05, 3.63) is 78.4 Å². The van der Waals surface area contributed by atoms with Crippen molar-refractivity contribution in [2.75, 3.05) is 23.8 Å². The first-order valence-corrected chi connectivity index (χ1v) is 10.9. The van der Waals surface area contributed by atoms with Crippen molar-refractivity contribution < 1.29 is 35.9 Å². The van der Waals surface area contributed by atoms with E-state index in [0.717, 1.165) is 6.07 Å². The summed E-state index contributed by atoms with van der Waals surface area (Å²) in [5.41, 5.74) is 0.196. The Hall–Kier alpha value is -3.73. The second-order valence-electron chi connectivity index (χ2n) is 6.69. The van der Waals surface area contributed by atoms with Crippen LogP contribution < -0.4 is 19.5 Å². The zero-order chi connectivity index (χ0) is 24.1. The third-order valence-electron chi connectivity index (χ3n) is 4.28. The van der Waals surface area contributed by atoms with Gasteiger partial charge in [-0.3, -0.25) is 9.52 Å².